The summed E-state index contributed by atoms with van der Waals surface area (Å²) in [7, 11) is 0. The molecule has 1 fully saturated rings. The molecule has 0 radical (unpaired) electrons. The van der Waals surface area contributed by atoms with Crippen LogP contribution in [-0.2, 0) is 0 Å². The lowest BCUT2D eigenvalue weighted by atomic mass is 9.82. The first kappa shape index (κ1) is 10.1. The summed E-state index contributed by atoms with van der Waals surface area (Å²) in [5.74, 6) is 1.97. The Kier molecular flexibility index (Phi) is 3.20. The first-order valence-corrected chi connectivity index (χ1v) is 5.53. The molecule has 2 unspecified atom stereocenters. The van der Waals surface area contributed by atoms with Crippen LogP contribution in [0.5, 0.6) is 0 Å². The second-order valence-electron chi connectivity index (χ2n) is 5.52. The molecular formula is C12H24. The van der Waals surface area contributed by atoms with Gasteiger partial charge in [0.15, 0.2) is 0 Å². The highest BCUT2D eigenvalue weighted by atomic mass is 14.3. The lowest BCUT2D eigenvalue weighted by molar-refractivity contribution is 0.277. The van der Waals surface area contributed by atoms with Gasteiger partial charge in [-0.05, 0) is 42.9 Å². The van der Waals surface area contributed by atoms with E-state index in [-0.39, 0.29) is 0 Å². The van der Waals surface area contributed by atoms with E-state index in [0.29, 0.717) is 5.41 Å². The Labute approximate surface area is 77.7 Å². The molecule has 0 amide bonds. The predicted molar refractivity (Wildman–Crippen MR) is 55.2 cm³/mol. The maximum atomic E-state index is 2.43. The minimum absolute atomic E-state index is 0.614. The Balaban J connectivity index is 2.53. The van der Waals surface area contributed by atoms with Gasteiger partial charge in [-0.3, -0.25) is 0 Å². The molecule has 0 aromatic heterocycles. The van der Waals surface area contributed by atoms with Crippen LogP contribution in [0.15, 0.2) is 0 Å². The molecule has 72 valence electrons. The van der Waals surface area contributed by atoms with Gasteiger partial charge < -0.3 is 0 Å². The molecule has 0 aromatic rings. The van der Waals surface area contributed by atoms with Crippen molar-refractivity contribution in [2.75, 3.05) is 0 Å². The summed E-state index contributed by atoms with van der Waals surface area (Å²) in [6.07, 6.45) is 7.20. The summed E-state index contributed by atoms with van der Waals surface area (Å²) in [5, 5.41) is 0. The lowest BCUT2D eigenvalue weighted by Gasteiger charge is -2.24. The van der Waals surface area contributed by atoms with Crippen molar-refractivity contribution in [2.24, 2.45) is 17.3 Å². The summed E-state index contributed by atoms with van der Waals surface area (Å²) < 4.78 is 0. The number of hydrogen-bond donors (Lipinski definition) is 0. The van der Waals surface area contributed by atoms with Crippen LogP contribution < -0.4 is 0 Å². The molecular weight excluding hydrogens is 144 g/mol. The van der Waals surface area contributed by atoms with Crippen molar-refractivity contribution in [3.63, 3.8) is 0 Å². The van der Waals surface area contributed by atoms with Crippen LogP contribution in [0, 0.1) is 17.3 Å². The van der Waals surface area contributed by atoms with Gasteiger partial charge in [-0.1, -0.05) is 34.1 Å². The van der Waals surface area contributed by atoms with Crippen LogP contribution in [0.2, 0.25) is 0 Å². The van der Waals surface area contributed by atoms with E-state index < -0.39 is 0 Å². The zero-order valence-electron chi connectivity index (χ0n) is 9.19. The molecule has 0 saturated heterocycles. The summed E-state index contributed by atoms with van der Waals surface area (Å²) in [5.41, 5.74) is 0.614. The van der Waals surface area contributed by atoms with E-state index in [0.717, 1.165) is 11.8 Å². The van der Waals surface area contributed by atoms with Crippen molar-refractivity contribution in [1.82, 2.24) is 0 Å². The fraction of sp³-hybridized carbons (Fsp3) is 1.00. The molecule has 1 saturated carbocycles. The van der Waals surface area contributed by atoms with Crippen molar-refractivity contribution in [1.29, 1.82) is 0 Å². The zero-order chi connectivity index (χ0) is 9.19. The topological polar surface area (TPSA) is 0 Å². The fourth-order valence-corrected chi connectivity index (χ4v) is 2.78. The van der Waals surface area contributed by atoms with E-state index in [4.69, 9.17) is 0 Å². The van der Waals surface area contributed by atoms with Crippen LogP contribution in [0.4, 0.5) is 0 Å². The van der Waals surface area contributed by atoms with E-state index in [2.05, 4.69) is 27.7 Å². The van der Waals surface area contributed by atoms with E-state index in [1.807, 2.05) is 0 Å². The Morgan fingerprint density at radius 2 is 2.00 bits per heavy atom. The molecule has 0 heterocycles. The molecule has 1 rings (SSSR count). The van der Waals surface area contributed by atoms with Crippen molar-refractivity contribution in [3.05, 3.63) is 0 Å². The van der Waals surface area contributed by atoms with Crippen LogP contribution >= 0.6 is 0 Å². The molecule has 1 aliphatic rings. The second-order valence-corrected chi connectivity index (χ2v) is 5.52. The molecule has 2 atom stereocenters. The summed E-state index contributed by atoms with van der Waals surface area (Å²) in [6, 6.07) is 0. The second kappa shape index (κ2) is 3.81. The molecule has 0 nitrogen and oxygen atoms in total. The molecule has 0 N–H and O–H groups in total. The maximum absolute atomic E-state index is 2.43. The number of rotatable bonds is 1. The van der Waals surface area contributed by atoms with Gasteiger partial charge in [-0.15, -0.1) is 0 Å². The minimum atomic E-state index is 0.614. The maximum Gasteiger partial charge on any atom is -0.0352 e. The molecule has 0 bridgehead atoms. The highest BCUT2D eigenvalue weighted by molar-refractivity contribution is 4.78. The molecule has 0 aromatic carbocycles. The highest BCUT2D eigenvalue weighted by Gasteiger charge is 2.27. The fourth-order valence-electron chi connectivity index (χ4n) is 2.78. The van der Waals surface area contributed by atoms with E-state index in [1.165, 1.54) is 32.1 Å². The summed E-state index contributed by atoms with van der Waals surface area (Å²) in [6.45, 7) is 9.63. The van der Waals surface area contributed by atoms with Gasteiger partial charge in [-0.2, -0.15) is 0 Å². The van der Waals surface area contributed by atoms with Crippen LogP contribution in [0.3, 0.4) is 0 Å². The Bertz CT molecular complexity index is 135. The van der Waals surface area contributed by atoms with Crippen LogP contribution in [0.1, 0.15) is 59.8 Å². The summed E-state index contributed by atoms with van der Waals surface area (Å²) in [4.78, 5) is 0. The average Bonchev–Trinajstić information content (AvgIpc) is 2.07. The molecule has 0 spiro atoms. The normalized spacial score (nSPS) is 36.0. The third-order valence-corrected chi connectivity index (χ3v) is 3.44. The van der Waals surface area contributed by atoms with Crippen molar-refractivity contribution in [2.45, 2.75) is 59.8 Å². The largest absolute Gasteiger partial charge is 0.0651 e. The van der Waals surface area contributed by atoms with Crippen molar-refractivity contribution in [3.8, 4) is 0 Å². The highest BCUT2D eigenvalue weighted by Crippen LogP contribution is 2.39. The van der Waals surface area contributed by atoms with Crippen molar-refractivity contribution < 1.29 is 0 Å². The van der Waals surface area contributed by atoms with E-state index >= 15 is 0 Å². The van der Waals surface area contributed by atoms with Crippen molar-refractivity contribution >= 4 is 0 Å². The third-order valence-electron chi connectivity index (χ3n) is 3.44. The van der Waals surface area contributed by atoms with Gasteiger partial charge >= 0.3 is 0 Å². The van der Waals surface area contributed by atoms with Gasteiger partial charge in [-0.25, -0.2) is 0 Å². The standard InChI is InChI=1S/C12H24/c1-5-11-6-7-12(3,4)9-10(2)8-11/h10-11H,5-9H2,1-4H3. The molecule has 12 heavy (non-hydrogen) atoms. The van der Waals surface area contributed by atoms with Gasteiger partial charge in [0.25, 0.3) is 0 Å². The SMILES string of the molecule is CCC1CCC(C)(C)CC(C)C1. The van der Waals surface area contributed by atoms with Gasteiger partial charge in [0.1, 0.15) is 0 Å². The van der Waals surface area contributed by atoms with E-state index in [1.54, 1.807) is 0 Å². The molecule has 0 heteroatoms. The van der Waals surface area contributed by atoms with Crippen LogP contribution in [0.25, 0.3) is 0 Å². The third kappa shape index (κ3) is 2.80. The number of hydrogen-bond acceptors (Lipinski definition) is 0. The van der Waals surface area contributed by atoms with E-state index in [9.17, 15) is 0 Å². The van der Waals surface area contributed by atoms with Gasteiger partial charge in [0.05, 0.1) is 0 Å². The Morgan fingerprint density at radius 3 is 2.58 bits per heavy atom. The Hall–Kier alpha value is 0. The molecule has 0 aliphatic heterocycles. The smallest absolute Gasteiger partial charge is 0.0352 e. The summed E-state index contributed by atoms with van der Waals surface area (Å²) >= 11 is 0. The lowest BCUT2D eigenvalue weighted by Crippen LogP contribution is -2.12. The first-order chi connectivity index (χ1) is 5.53. The zero-order valence-corrected chi connectivity index (χ0v) is 9.19. The monoisotopic (exact) mass is 168 g/mol. The van der Waals surface area contributed by atoms with Gasteiger partial charge in [0.2, 0.25) is 0 Å². The average molecular weight is 168 g/mol. The Morgan fingerprint density at radius 1 is 1.33 bits per heavy atom. The minimum Gasteiger partial charge on any atom is -0.0651 e. The first-order valence-electron chi connectivity index (χ1n) is 5.53. The van der Waals surface area contributed by atoms with Gasteiger partial charge in [0, 0.05) is 0 Å². The predicted octanol–water partition coefficient (Wildman–Crippen LogP) is 4.25. The molecule has 1 aliphatic carbocycles. The van der Waals surface area contributed by atoms with Crippen LogP contribution in [-0.4, -0.2) is 0 Å². The quantitative estimate of drug-likeness (QED) is 0.513.